The van der Waals surface area contributed by atoms with Gasteiger partial charge in [-0.25, -0.2) is 4.79 Å². The van der Waals surface area contributed by atoms with Gasteiger partial charge in [-0.2, -0.15) is 9.97 Å². The second-order valence-electron chi connectivity index (χ2n) is 2.27. The summed E-state index contributed by atoms with van der Waals surface area (Å²) in [5.41, 5.74) is 4.90. The summed E-state index contributed by atoms with van der Waals surface area (Å²) in [4.78, 5) is 18.1. The van der Waals surface area contributed by atoms with Crippen molar-refractivity contribution in [3.8, 4) is 11.8 Å². The third kappa shape index (κ3) is 4.32. The number of nitrogens with two attached hydrogens (primary N) is 1. The number of rotatable bonds is 3. The van der Waals surface area contributed by atoms with Gasteiger partial charge < -0.3 is 16.6 Å². The van der Waals surface area contributed by atoms with Crippen LogP contribution in [0.15, 0.2) is 6.07 Å². The third-order valence-electron chi connectivity index (χ3n) is 1.33. The zero-order valence-corrected chi connectivity index (χ0v) is 10.8. The van der Waals surface area contributed by atoms with Crippen molar-refractivity contribution in [3.63, 3.8) is 0 Å². The zero-order chi connectivity index (χ0) is 10.6. The number of carbonyl (C=O) groups excluding carboxylic acids is 1. The maximum absolute atomic E-state index is 10.5. The van der Waals surface area contributed by atoms with Crippen molar-refractivity contribution in [2.45, 2.75) is 0 Å². The van der Waals surface area contributed by atoms with Gasteiger partial charge in [0, 0.05) is 0 Å². The van der Waals surface area contributed by atoms with E-state index in [2.05, 4.69) is 15.3 Å². The van der Waals surface area contributed by atoms with E-state index in [0.717, 1.165) is 0 Å². The average Bonchev–Trinajstić information content (AvgIpc) is 2.16. The standard InChI is InChI=1S/C7H10N4O3.Na.H/c1-13-4-3-5(14-2)10-7(9-4)11-6(8)12;;/h3H,1-2H3,(H3,8,9,10,11,12);;/q;+1;-1. The Bertz CT molecular complexity index is 330. The smallest absolute Gasteiger partial charge is 1.00 e. The molecule has 78 valence electrons. The van der Waals surface area contributed by atoms with Gasteiger partial charge in [0.05, 0.1) is 20.3 Å². The van der Waals surface area contributed by atoms with Crippen LogP contribution >= 0.6 is 0 Å². The third-order valence-corrected chi connectivity index (χ3v) is 1.33. The zero-order valence-electron chi connectivity index (χ0n) is 9.77. The van der Waals surface area contributed by atoms with Crippen molar-refractivity contribution < 1.29 is 45.3 Å². The average molecular weight is 222 g/mol. The van der Waals surface area contributed by atoms with E-state index in [0.29, 0.717) is 0 Å². The predicted octanol–water partition coefficient (Wildman–Crippen LogP) is -2.90. The number of amides is 2. The van der Waals surface area contributed by atoms with E-state index >= 15 is 0 Å². The molecule has 3 N–H and O–H groups in total. The first-order valence-corrected chi connectivity index (χ1v) is 3.69. The van der Waals surface area contributed by atoms with E-state index in [1.54, 1.807) is 0 Å². The molecular weight excluding hydrogens is 211 g/mol. The van der Waals surface area contributed by atoms with Gasteiger partial charge in [-0.3, -0.25) is 5.32 Å². The number of hydrogen-bond donors (Lipinski definition) is 2. The van der Waals surface area contributed by atoms with Gasteiger partial charge in [-0.15, -0.1) is 0 Å². The van der Waals surface area contributed by atoms with Gasteiger partial charge >= 0.3 is 35.6 Å². The van der Waals surface area contributed by atoms with Crippen molar-refractivity contribution in [2.75, 3.05) is 19.5 Å². The fourth-order valence-corrected chi connectivity index (χ4v) is 0.779. The van der Waals surface area contributed by atoms with Crippen molar-refractivity contribution in [2.24, 2.45) is 5.73 Å². The largest absolute Gasteiger partial charge is 1.00 e. The van der Waals surface area contributed by atoms with Crippen LogP contribution in [0.3, 0.4) is 0 Å². The van der Waals surface area contributed by atoms with Gasteiger partial charge in [-0.1, -0.05) is 0 Å². The Morgan fingerprint density at radius 2 is 1.87 bits per heavy atom. The Hall–Kier alpha value is -1.05. The normalized spacial score (nSPS) is 8.67. The first kappa shape index (κ1) is 13.9. The summed E-state index contributed by atoms with van der Waals surface area (Å²) in [7, 11) is 2.88. The van der Waals surface area contributed by atoms with Crippen LogP contribution in [-0.2, 0) is 0 Å². The number of carbonyl (C=O) groups is 1. The number of methoxy groups -OCH3 is 2. The maximum Gasteiger partial charge on any atom is 1.00 e. The maximum atomic E-state index is 10.5. The van der Waals surface area contributed by atoms with Crippen LogP contribution in [0.25, 0.3) is 0 Å². The molecule has 0 aliphatic heterocycles. The summed E-state index contributed by atoms with van der Waals surface area (Å²) in [5, 5.41) is 2.21. The molecule has 0 aliphatic rings. The molecule has 0 saturated carbocycles. The van der Waals surface area contributed by atoms with Crippen LogP contribution < -0.4 is 50.1 Å². The molecule has 7 nitrogen and oxygen atoms in total. The van der Waals surface area contributed by atoms with Crippen LogP contribution in [0.2, 0.25) is 0 Å². The first-order chi connectivity index (χ1) is 6.65. The van der Waals surface area contributed by atoms with E-state index in [-0.39, 0.29) is 48.7 Å². The molecule has 1 heterocycles. The fourth-order valence-electron chi connectivity index (χ4n) is 0.779. The Morgan fingerprint density at radius 3 is 2.20 bits per heavy atom. The molecule has 0 unspecified atom stereocenters. The molecule has 0 saturated heterocycles. The molecule has 2 amide bonds. The Kier molecular flexibility index (Phi) is 5.99. The molecule has 1 rings (SSSR count). The number of ether oxygens (including phenoxy) is 2. The van der Waals surface area contributed by atoms with E-state index in [9.17, 15) is 4.79 Å². The van der Waals surface area contributed by atoms with Crippen LogP contribution in [0, 0.1) is 0 Å². The van der Waals surface area contributed by atoms with Gasteiger partial charge in [-0.05, 0) is 0 Å². The van der Waals surface area contributed by atoms with Gasteiger partial charge in [0.15, 0.2) is 0 Å². The van der Waals surface area contributed by atoms with E-state index in [1.165, 1.54) is 20.3 Å². The monoisotopic (exact) mass is 222 g/mol. The van der Waals surface area contributed by atoms with Gasteiger partial charge in [0.25, 0.3) is 0 Å². The molecule has 0 aliphatic carbocycles. The quantitative estimate of drug-likeness (QED) is 0.534. The first-order valence-electron chi connectivity index (χ1n) is 3.69. The van der Waals surface area contributed by atoms with E-state index in [4.69, 9.17) is 15.2 Å². The molecule has 0 aromatic carbocycles. The molecule has 0 bridgehead atoms. The number of nitrogens with one attached hydrogen (secondary N) is 1. The molecule has 8 heteroatoms. The molecule has 15 heavy (non-hydrogen) atoms. The number of aromatic nitrogens is 2. The van der Waals surface area contributed by atoms with Crippen molar-refractivity contribution in [1.29, 1.82) is 0 Å². The van der Waals surface area contributed by atoms with Gasteiger partial charge in [0.2, 0.25) is 17.7 Å². The summed E-state index contributed by atoms with van der Waals surface area (Å²) >= 11 is 0. The van der Waals surface area contributed by atoms with Crippen LogP contribution in [0.5, 0.6) is 11.8 Å². The molecule has 1 aromatic heterocycles. The number of urea groups is 1. The predicted molar refractivity (Wildman–Crippen MR) is 49.5 cm³/mol. The van der Waals surface area contributed by atoms with Crippen LogP contribution in [-0.4, -0.2) is 30.2 Å². The number of primary amides is 1. The minimum Gasteiger partial charge on any atom is -1.00 e. The molecule has 0 spiro atoms. The van der Waals surface area contributed by atoms with Crippen molar-refractivity contribution >= 4 is 12.0 Å². The minimum atomic E-state index is -0.750. The summed E-state index contributed by atoms with van der Waals surface area (Å²) in [5.74, 6) is 0.593. The molecule has 1 aromatic rings. The van der Waals surface area contributed by atoms with Crippen LogP contribution in [0.4, 0.5) is 10.7 Å². The van der Waals surface area contributed by atoms with E-state index in [1.807, 2.05) is 0 Å². The Labute approximate surface area is 110 Å². The second-order valence-corrected chi connectivity index (χ2v) is 2.27. The molecule has 0 atom stereocenters. The summed E-state index contributed by atoms with van der Waals surface area (Å²) in [6, 6.07) is 0.729. The molecule has 0 fully saturated rings. The topological polar surface area (TPSA) is 99.4 Å². The fraction of sp³-hybridized carbons (Fsp3) is 0.286. The number of anilines is 1. The Morgan fingerprint density at radius 1 is 1.40 bits per heavy atom. The van der Waals surface area contributed by atoms with Crippen molar-refractivity contribution in [3.05, 3.63) is 6.07 Å². The number of nitrogens with zero attached hydrogens (tertiary/aromatic N) is 2. The number of hydrogen-bond acceptors (Lipinski definition) is 5. The summed E-state index contributed by atoms with van der Waals surface area (Å²) in [6.07, 6.45) is 0. The SMILES string of the molecule is COc1cc(OC)nc(NC(N)=O)n1.[H-].[Na+]. The van der Waals surface area contributed by atoms with Crippen molar-refractivity contribution in [1.82, 2.24) is 9.97 Å². The summed E-state index contributed by atoms with van der Waals surface area (Å²) in [6.45, 7) is 0. The van der Waals surface area contributed by atoms with E-state index < -0.39 is 6.03 Å². The van der Waals surface area contributed by atoms with Crippen LogP contribution in [0.1, 0.15) is 1.43 Å². The molecular formula is C7H11N4NaO3. The Balaban J connectivity index is 0. The van der Waals surface area contributed by atoms with Gasteiger partial charge in [0.1, 0.15) is 0 Å². The second kappa shape index (κ2) is 6.44. The molecule has 0 radical (unpaired) electrons. The minimum absolute atomic E-state index is 0. The summed E-state index contributed by atoms with van der Waals surface area (Å²) < 4.78 is 9.71.